The number of halogens is 3. The predicted molar refractivity (Wildman–Crippen MR) is 133 cm³/mol. The molecule has 7 nitrogen and oxygen atoms in total. The summed E-state index contributed by atoms with van der Waals surface area (Å²) in [5, 5.41) is 19.6. The van der Waals surface area contributed by atoms with Gasteiger partial charge in [-0.3, -0.25) is 14.7 Å². The first-order chi connectivity index (χ1) is 17.4. The van der Waals surface area contributed by atoms with Gasteiger partial charge in [-0.15, -0.1) is 0 Å². The first kappa shape index (κ1) is 25.8. The summed E-state index contributed by atoms with van der Waals surface area (Å²) in [5.41, 5.74) is 5.36. The highest BCUT2D eigenvalue weighted by molar-refractivity contribution is 5.90. The lowest BCUT2D eigenvalue weighted by Gasteiger charge is -2.57. The van der Waals surface area contributed by atoms with Crippen LogP contribution in [-0.4, -0.2) is 59.6 Å². The molecule has 10 heteroatoms. The molecule has 6 rings (SSSR count). The number of aliphatic imine (C=N–C) groups is 1. The van der Waals surface area contributed by atoms with Crippen LogP contribution in [0.5, 0.6) is 0 Å². The highest BCUT2D eigenvalue weighted by Crippen LogP contribution is 2.61. The second-order valence-electron chi connectivity index (χ2n) is 11.7. The Morgan fingerprint density at radius 2 is 1.73 bits per heavy atom. The third kappa shape index (κ3) is 4.56. The fourth-order valence-corrected chi connectivity index (χ4v) is 7.61. The molecule has 4 bridgehead atoms. The molecule has 3 unspecified atom stereocenters. The Morgan fingerprint density at radius 1 is 1.14 bits per heavy atom. The van der Waals surface area contributed by atoms with Crippen LogP contribution in [0.3, 0.4) is 0 Å². The predicted octanol–water partition coefficient (Wildman–Crippen LogP) is 4.14. The number of anilines is 1. The van der Waals surface area contributed by atoms with E-state index in [9.17, 15) is 28.3 Å². The summed E-state index contributed by atoms with van der Waals surface area (Å²) in [6, 6.07) is 7.47. The van der Waals surface area contributed by atoms with Crippen molar-refractivity contribution in [2.45, 2.75) is 63.2 Å². The van der Waals surface area contributed by atoms with Crippen molar-refractivity contribution in [3.63, 3.8) is 0 Å². The van der Waals surface area contributed by atoms with E-state index in [0.717, 1.165) is 37.1 Å². The van der Waals surface area contributed by atoms with Crippen molar-refractivity contribution in [3.05, 3.63) is 29.8 Å². The SMILES string of the molecule is CC(CC#N)(C(N)=NC1C2CC3CC1CC(C(=O)O)(C3)C2)N1CCN(c2ccc(C(F)(F)F)cc2)CC1. The maximum Gasteiger partial charge on any atom is 0.416 e. The number of carboxylic acid groups (broad SMARTS) is 1. The van der Waals surface area contributed by atoms with Crippen molar-refractivity contribution < 1.29 is 23.1 Å². The lowest BCUT2D eigenvalue weighted by Crippen LogP contribution is -2.62. The van der Waals surface area contributed by atoms with Gasteiger partial charge in [-0.25, -0.2) is 0 Å². The third-order valence-electron chi connectivity index (χ3n) is 9.48. The van der Waals surface area contributed by atoms with Crippen molar-refractivity contribution in [1.82, 2.24) is 4.90 Å². The monoisotopic (exact) mass is 517 g/mol. The number of benzene rings is 1. The number of carboxylic acids is 1. The van der Waals surface area contributed by atoms with Crippen LogP contribution < -0.4 is 10.6 Å². The molecule has 5 fully saturated rings. The van der Waals surface area contributed by atoms with Crippen LogP contribution >= 0.6 is 0 Å². The van der Waals surface area contributed by atoms with Gasteiger partial charge in [0.15, 0.2) is 0 Å². The minimum absolute atomic E-state index is 0.00419. The number of nitrogens with two attached hydrogens (primary N) is 1. The van der Waals surface area contributed by atoms with Crippen LogP contribution in [-0.2, 0) is 11.0 Å². The summed E-state index contributed by atoms with van der Waals surface area (Å²) >= 11 is 0. The zero-order valence-electron chi connectivity index (χ0n) is 21.0. The highest BCUT2D eigenvalue weighted by atomic mass is 19.4. The minimum Gasteiger partial charge on any atom is -0.481 e. The molecule has 0 radical (unpaired) electrons. The lowest BCUT2D eigenvalue weighted by atomic mass is 9.48. The second kappa shape index (κ2) is 9.19. The van der Waals surface area contributed by atoms with Crippen LogP contribution in [0.25, 0.3) is 0 Å². The van der Waals surface area contributed by atoms with Gasteiger partial charge in [0.05, 0.1) is 35.0 Å². The Morgan fingerprint density at radius 3 is 2.24 bits per heavy atom. The third-order valence-corrected chi connectivity index (χ3v) is 9.48. The normalized spacial score (nSPS) is 33.7. The van der Waals surface area contributed by atoms with Crippen LogP contribution in [0.2, 0.25) is 0 Å². The molecule has 3 atom stereocenters. The zero-order valence-corrected chi connectivity index (χ0v) is 21.0. The molecular weight excluding hydrogens is 483 g/mol. The van der Waals surface area contributed by atoms with Gasteiger partial charge < -0.3 is 15.7 Å². The van der Waals surface area contributed by atoms with Crippen molar-refractivity contribution in [2.75, 3.05) is 31.1 Å². The molecular formula is C27H34F3N5O2. The Labute approximate surface area is 215 Å². The van der Waals surface area contributed by atoms with Gasteiger partial charge in [-0.2, -0.15) is 18.4 Å². The van der Waals surface area contributed by atoms with Gasteiger partial charge in [-0.05, 0) is 81.0 Å². The van der Waals surface area contributed by atoms with E-state index in [1.807, 2.05) is 11.8 Å². The molecule has 1 saturated heterocycles. The number of hydrogen-bond acceptors (Lipinski definition) is 5. The Bertz CT molecular complexity index is 1090. The average Bonchev–Trinajstić information content (AvgIpc) is 2.85. The van der Waals surface area contributed by atoms with Crippen molar-refractivity contribution in [3.8, 4) is 6.07 Å². The smallest absolute Gasteiger partial charge is 0.416 e. The Kier molecular flexibility index (Phi) is 6.42. The first-order valence-corrected chi connectivity index (χ1v) is 13.1. The van der Waals surface area contributed by atoms with E-state index in [4.69, 9.17) is 10.7 Å². The van der Waals surface area contributed by atoms with Gasteiger partial charge in [0.2, 0.25) is 0 Å². The largest absolute Gasteiger partial charge is 0.481 e. The minimum atomic E-state index is -4.36. The Balaban J connectivity index is 1.29. The summed E-state index contributed by atoms with van der Waals surface area (Å²) in [4.78, 5) is 21.3. The molecule has 1 aliphatic heterocycles. The Hall–Kier alpha value is -2.80. The molecule has 0 aromatic heterocycles. The van der Waals surface area contributed by atoms with Crippen LogP contribution in [0.4, 0.5) is 18.9 Å². The van der Waals surface area contributed by atoms with E-state index >= 15 is 0 Å². The molecule has 37 heavy (non-hydrogen) atoms. The molecule has 4 aliphatic carbocycles. The van der Waals surface area contributed by atoms with Gasteiger partial charge in [0.1, 0.15) is 5.84 Å². The molecule has 0 spiro atoms. The molecule has 0 amide bonds. The molecule has 5 aliphatic rings. The standard InChI is InChI=1S/C27H34F3N5O2/c1-25(6-7-31,35-10-8-34(9-11-35)21-4-2-20(3-5-21)27(28,29)30)23(32)33-22-18-12-17-13-19(22)16-26(14-17,15-18)24(36)37/h2-5,17-19,22H,6,8-16H2,1H3,(H2,32,33)(H,36,37). The summed E-state index contributed by atoms with van der Waals surface area (Å²) in [6.07, 6.45) is -0.127. The highest BCUT2D eigenvalue weighted by Gasteiger charge is 2.59. The quantitative estimate of drug-likeness (QED) is 0.434. The molecule has 1 aromatic carbocycles. The van der Waals surface area contributed by atoms with Gasteiger partial charge in [0, 0.05) is 31.9 Å². The fraction of sp³-hybridized carbons (Fsp3) is 0.667. The number of hydrogen-bond donors (Lipinski definition) is 2. The number of rotatable bonds is 6. The number of nitrogens with zero attached hydrogens (tertiary/aromatic N) is 4. The average molecular weight is 518 g/mol. The van der Waals surface area contributed by atoms with Crippen LogP contribution in [0.1, 0.15) is 51.0 Å². The van der Waals surface area contributed by atoms with Gasteiger partial charge >= 0.3 is 12.1 Å². The van der Waals surface area contributed by atoms with Crippen molar-refractivity contribution in [2.24, 2.45) is 33.9 Å². The summed E-state index contributed by atoms with van der Waals surface area (Å²) < 4.78 is 38.7. The number of piperazine rings is 1. The lowest BCUT2D eigenvalue weighted by molar-refractivity contribution is -0.166. The summed E-state index contributed by atoms with van der Waals surface area (Å²) in [7, 11) is 0. The number of alkyl halides is 3. The summed E-state index contributed by atoms with van der Waals surface area (Å²) in [5.74, 6) is 0.624. The van der Waals surface area contributed by atoms with E-state index in [1.165, 1.54) is 12.1 Å². The van der Waals surface area contributed by atoms with E-state index in [2.05, 4.69) is 11.0 Å². The molecule has 1 aromatic rings. The number of aliphatic carboxylic acids is 1. The number of nitriles is 1. The van der Waals surface area contributed by atoms with E-state index in [-0.39, 0.29) is 24.3 Å². The second-order valence-corrected chi connectivity index (χ2v) is 11.7. The first-order valence-electron chi connectivity index (χ1n) is 13.1. The maximum absolute atomic E-state index is 12.9. The molecule has 4 saturated carbocycles. The molecule has 1 heterocycles. The number of carbonyl (C=O) groups is 1. The number of amidine groups is 1. The van der Waals surface area contributed by atoms with E-state index in [1.54, 1.807) is 0 Å². The van der Waals surface area contributed by atoms with Crippen LogP contribution in [0, 0.1) is 34.5 Å². The zero-order chi connectivity index (χ0) is 26.6. The van der Waals surface area contributed by atoms with Gasteiger partial charge in [-0.1, -0.05) is 0 Å². The molecule has 200 valence electrons. The maximum atomic E-state index is 12.9. The van der Waals surface area contributed by atoms with Crippen LogP contribution in [0.15, 0.2) is 29.3 Å². The van der Waals surface area contributed by atoms with Crippen molar-refractivity contribution >= 4 is 17.5 Å². The fourth-order valence-electron chi connectivity index (χ4n) is 7.61. The van der Waals surface area contributed by atoms with Crippen molar-refractivity contribution in [1.29, 1.82) is 5.26 Å². The van der Waals surface area contributed by atoms with E-state index < -0.39 is 28.7 Å². The topological polar surface area (TPSA) is 106 Å². The van der Waals surface area contributed by atoms with Gasteiger partial charge in [0.25, 0.3) is 0 Å². The van der Waals surface area contributed by atoms with E-state index in [0.29, 0.717) is 50.8 Å². The summed E-state index contributed by atoms with van der Waals surface area (Å²) in [6.45, 7) is 4.32. The molecule has 3 N–H and O–H groups in total.